The smallest absolute Gasteiger partial charge is 0.0225 e. The maximum atomic E-state index is 2.27. The summed E-state index contributed by atoms with van der Waals surface area (Å²) in [5.41, 5.74) is 4.59. The maximum Gasteiger partial charge on any atom is -0.0225 e. The van der Waals surface area contributed by atoms with Gasteiger partial charge in [-0.2, -0.15) is 0 Å². The average molecular weight is 202 g/mol. The molecule has 82 valence electrons. The molecule has 0 aromatic heterocycles. The summed E-state index contributed by atoms with van der Waals surface area (Å²) >= 11 is 0. The monoisotopic (exact) mass is 202 g/mol. The Kier molecular flexibility index (Phi) is 5.17. The fourth-order valence-corrected chi connectivity index (χ4v) is 2.14. The van der Waals surface area contributed by atoms with E-state index < -0.39 is 0 Å². The first-order valence-electron chi connectivity index (χ1n) is 6.09. The lowest BCUT2D eigenvalue weighted by Gasteiger charge is -2.12. The van der Waals surface area contributed by atoms with Crippen LogP contribution in [0.4, 0.5) is 0 Å². The van der Waals surface area contributed by atoms with E-state index in [1.807, 2.05) is 0 Å². The van der Waals surface area contributed by atoms with E-state index in [0.29, 0.717) is 0 Å². The molecule has 1 aromatic carbocycles. The molecule has 0 unspecified atom stereocenters. The van der Waals surface area contributed by atoms with Crippen LogP contribution in [-0.2, 0) is 0 Å². The zero-order chi connectivity index (χ0) is 11.1. The zero-order valence-electron chi connectivity index (χ0n) is 10.2. The highest BCUT2D eigenvalue weighted by Crippen LogP contribution is 2.26. The molecule has 0 aliphatic rings. The number of rotatable bonds is 5. The molecular formula is C15H22. The third kappa shape index (κ3) is 3.23. The second-order valence-electron chi connectivity index (χ2n) is 3.91. The van der Waals surface area contributed by atoms with Crippen molar-refractivity contribution in [2.45, 2.75) is 46.5 Å². The van der Waals surface area contributed by atoms with E-state index in [0.717, 1.165) is 6.42 Å². The predicted octanol–water partition coefficient (Wildman–Crippen LogP) is 5.06. The molecule has 15 heavy (non-hydrogen) atoms. The van der Waals surface area contributed by atoms with Crippen molar-refractivity contribution in [1.29, 1.82) is 0 Å². The van der Waals surface area contributed by atoms with Crippen LogP contribution in [0.5, 0.6) is 0 Å². The normalized spacial score (nSPS) is 12.5. The number of hydrogen-bond acceptors (Lipinski definition) is 0. The van der Waals surface area contributed by atoms with E-state index in [2.05, 4.69) is 51.1 Å². The third-order valence-corrected chi connectivity index (χ3v) is 2.88. The van der Waals surface area contributed by atoms with Crippen molar-refractivity contribution in [2.24, 2.45) is 0 Å². The average Bonchev–Trinajstić information content (AvgIpc) is 2.30. The fourth-order valence-electron chi connectivity index (χ4n) is 2.14. The molecule has 0 aliphatic heterocycles. The van der Waals surface area contributed by atoms with Crippen molar-refractivity contribution >= 4 is 5.57 Å². The molecule has 0 aliphatic carbocycles. The van der Waals surface area contributed by atoms with Gasteiger partial charge < -0.3 is 0 Å². The lowest BCUT2D eigenvalue weighted by Crippen LogP contribution is -1.91. The molecule has 0 N–H and O–H groups in total. The van der Waals surface area contributed by atoms with Crippen LogP contribution in [-0.4, -0.2) is 0 Å². The summed E-state index contributed by atoms with van der Waals surface area (Å²) in [5.74, 6) is 0. The summed E-state index contributed by atoms with van der Waals surface area (Å²) in [6.07, 6.45) is 4.83. The number of hydrogen-bond donors (Lipinski definition) is 0. The minimum atomic E-state index is 1.15. The van der Waals surface area contributed by atoms with Gasteiger partial charge in [-0.1, -0.05) is 63.1 Å². The van der Waals surface area contributed by atoms with Crippen LogP contribution >= 0.6 is 0 Å². The van der Waals surface area contributed by atoms with Gasteiger partial charge in [0.15, 0.2) is 0 Å². The zero-order valence-corrected chi connectivity index (χ0v) is 10.2. The van der Waals surface area contributed by atoms with E-state index in [1.54, 1.807) is 11.1 Å². The Morgan fingerprint density at radius 1 is 0.933 bits per heavy atom. The van der Waals surface area contributed by atoms with Crippen LogP contribution in [0.3, 0.4) is 0 Å². The number of benzene rings is 1. The highest BCUT2D eigenvalue weighted by molar-refractivity contribution is 5.68. The topological polar surface area (TPSA) is 0 Å². The Labute approximate surface area is 94.0 Å². The minimum Gasteiger partial charge on any atom is -0.0667 e. The molecule has 0 heteroatoms. The second-order valence-corrected chi connectivity index (χ2v) is 3.91. The van der Waals surface area contributed by atoms with Crippen molar-refractivity contribution in [3.05, 3.63) is 41.5 Å². The van der Waals surface area contributed by atoms with Gasteiger partial charge in [-0.15, -0.1) is 0 Å². The van der Waals surface area contributed by atoms with Gasteiger partial charge in [0.05, 0.1) is 0 Å². The van der Waals surface area contributed by atoms with E-state index >= 15 is 0 Å². The Hall–Kier alpha value is -1.04. The van der Waals surface area contributed by atoms with Crippen LogP contribution < -0.4 is 0 Å². The maximum absolute atomic E-state index is 2.27. The van der Waals surface area contributed by atoms with Gasteiger partial charge in [0.2, 0.25) is 0 Å². The van der Waals surface area contributed by atoms with E-state index in [1.165, 1.54) is 24.8 Å². The second kappa shape index (κ2) is 6.44. The molecule has 0 amide bonds. The quantitative estimate of drug-likeness (QED) is 0.626. The van der Waals surface area contributed by atoms with Gasteiger partial charge in [0.25, 0.3) is 0 Å². The Morgan fingerprint density at radius 2 is 1.60 bits per heavy atom. The first-order chi connectivity index (χ1) is 7.33. The highest BCUT2D eigenvalue weighted by Gasteiger charge is 2.04. The van der Waals surface area contributed by atoms with Gasteiger partial charge in [-0.3, -0.25) is 0 Å². The molecule has 0 heterocycles. The molecule has 1 rings (SSSR count). The van der Waals surface area contributed by atoms with Gasteiger partial charge in [0.1, 0.15) is 0 Å². The van der Waals surface area contributed by atoms with Gasteiger partial charge >= 0.3 is 0 Å². The highest BCUT2D eigenvalue weighted by atomic mass is 14.1. The van der Waals surface area contributed by atoms with E-state index in [4.69, 9.17) is 0 Å². The number of allylic oxidation sites excluding steroid dienone is 2. The summed E-state index contributed by atoms with van der Waals surface area (Å²) in [7, 11) is 0. The third-order valence-electron chi connectivity index (χ3n) is 2.88. The predicted molar refractivity (Wildman–Crippen MR) is 68.9 cm³/mol. The molecule has 1 aromatic rings. The van der Waals surface area contributed by atoms with Crippen molar-refractivity contribution < 1.29 is 0 Å². The van der Waals surface area contributed by atoms with Crippen molar-refractivity contribution in [3.8, 4) is 0 Å². The molecule has 0 fully saturated rings. The largest absolute Gasteiger partial charge is 0.0667 e. The molecule has 0 nitrogen and oxygen atoms in total. The van der Waals surface area contributed by atoms with Crippen molar-refractivity contribution in [1.82, 2.24) is 0 Å². The lowest BCUT2D eigenvalue weighted by atomic mass is 9.93. The first kappa shape index (κ1) is 12.0. The molecule has 0 spiro atoms. The van der Waals surface area contributed by atoms with Crippen LogP contribution in [0.2, 0.25) is 0 Å². The van der Waals surface area contributed by atoms with Gasteiger partial charge in [0, 0.05) is 0 Å². The van der Waals surface area contributed by atoms with Crippen LogP contribution in [0, 0.1) is 0 Å². The lowest BCUT2D eigenvalue weighted by molar-refractivity contribution is 0.855. The van der Waals surface area contributed by atoms with Gasteiger partial charge in [-0.25, -0.2) is 0 Å². The van der Waals surface area contributed by atoms with Crippen molar-refractivity contribution in [3.63, 3.8) is 0 Å². The SMILES string of the molecule is CCC/C(CC)=C(\CC)c1ccccc1. The Bertz CT molecular complexity index is 306. The Balaban J connectivity index is 3.05. The first-order valence-corrected chi connectivity index (χ1v) is 6.09. The summed E-state index contributed by atoms with van der Waals surface area (Å²) < 4.78 is 0. The fraction of sp³-hybridized carbons (Fsp3) is 0.467. The summed E-state index contributed by atoms with van der Waals surface area (Å²) in [6, 6.07) is 10.8. The van der Waals surface area contributed by atoms with E-state index in [-0.39, 0.29) is 0 Å². The van der Waals surface area contributed by atoms with E-state index in [9.17, 15) is 0 Å². The molecule has 0 saturated carbocycles. The Morgan fingerprint density at radius 3 is 2.07 bits per heavy atom. The van der Waals surface area contributed by atoms with Crippen LogP contribution in [0.1, 0.15) is 52.0 Å². The van der Waals surface area contributed by atoms with Crippen LogP contribution in [0.25, 0.3) is 5.57 Å². The summed E-state index contributed by atoms with van der Waals surface area (Å²) in [4.78, 5) is 0. The summed E-state index contributed by atoms with van der Waals surface area (Å²) in [5, 5.41) is 0. The molecule has 0 bridgehead atoms. The standard InChI is InChI=1S/C15H22/c1-4-10-13(5-2)15(6-3)14-11-8-7-9-12-14/h7-9,11-12H,4-6,10H2,1-3H3/b15-13+. The molecular weight excluding hydrogens is 180 g/mol. The molecule has 0 saturated heterocycles. The molecule has 0 atom stereocenters. The van der Waals surface area contributed by atoms with Crippen LogP contribution in [0.15, 0.2) is 35.9 Å². The summed E-state index contributed by atoms with van der Waals surface area (Å²) in [6.45, 7) is 6.78. The minimum absolute atomic E-state index is 1.15. The van der Waals surface area contributed by atoms with Gasteiger partial charge in [-0.05, 0) is 30.4 Å². The molecule has 0 radical (unpaired) electrons. The van der Waals surface area contributed by atoms with Crippen molar-refractivity contribution in [2.75, 3.05) is 0 Å².